The van der Waals surface area contributed by atoms with E-state index in [2.05, 4.69) is 6.58 Å². The summed E-state index contributed by atoms with van der Waals surface area (Å²) in [7, 11) is 0. The van der Waals surface area contributed by atoms with Crippen molar-refractivity contribution in [1.82, 2.24) is 0 Å². The van der Waals surface area contributed by atoms with Gasteiger partial charge in [-0.05, 0) is 5.56 Å². The smallest absolute Gasteiger partial charge is 0.0874 e. The van der Waals surface area contributed by atoms with Gasteiger partial charge >= 0.3 is 0 Å². The van der Waals surface area contributed by atoms with Crippen LogP contribution in [0.5, 0.6) is 0 Å². The maximum absolute atomic E-state index is 9.75. The van der Waals surface area contributed by atoms with Crippen LogP contribution in [-0.2, 0) is 0 Å². The van der Waals surface area contributed by atoms with Gasteiger partial charge in [-0.2, -0.15) is 0 Å². The molecule has 70 valence electrons. The fourth-order valence-electron chi connectivity index (χ4n) is 1.20. The molecule has 0 bridgehead atoms. The number of benzene rings is 1. The van der Waals surface area contributed by atoms with Crippen molar-refractivity contribution in [2.24, 2.45) is 5.92 Å². The molecule has 2 nitrogen and oxygen atoms in total. The third-order valence-electron chi connectivity index (χ3n) is 2.06. The summed E-state index contributed by atoms with van der Waals surface area (Å²) in [6.45, 7) is 3.47. The quantitative estimate of drug-likeness (QED) is 0.686. The average Bonchev–Trinajstić information content (AvgIpc) is 2.21. The summed E-state index contributed by atoms with van der Waals surface area (Å²) >= 11 is 0. The van der Waals surface area contributed by atoms with Crippen molar-refractivity contribution in [2.75, 3.05) is 6.61 Å². The van der Waals surface area contributed by atoms with E-state index < -0.39 is 6.10 Å². The molecule has 0 aliphatic carbocycles. The second kappa shape index (κ2) is 4.80. The fourth-order valence-corrected chi connectivity index (χ4v) is 1.20. The van der Waals surface area contributed by atoms with Crippen LogP contribution in [0.2, 0.25) is 0 Å². The summed E-state index contributed by atoms with van der Waals surface area (Å²) in [6, 6.07) is 9.26. The predicted molar refractivity (Wildman–Crippen MR) is 52.2 cm³/mol. The van der Waals surface area contributed by atoms with E-state index in [9.17, 15) is 5.11 Å². The standard InChI is InChI=1S/C11H14O2/c1-2-9(8-12)11(13)10-6-4-3-5-7-10/h2-7,9,11-13H,1,8H2/t9-,11+/m0/s1. The molecule has 0 aliphatic heterocycles. The van der Waals surface area contributed by atoms with Gasteiger partial charge < -0.3 is 10.2 Å². The first-order valence-electron chi connectivity index (χ1n) is 4.26. The number of aliphatic hydroxyl groups is 2. The topological polar surface area (TPSA) is 40.5 Å². The Balaban J connectivity index is 2.77. The van der Waals surface area contributed by atoms with E-state index in [0.717, 1.165) is 5.56 Å². The summed E-state index contributed by atoms with van der Waals surface area (Å²) in [4.78, 5) is 0. The zero-order valence-corrected chi connectivity index (χ0v) is 7.43. The number of hydrogen-bond donors (Lipinski definition) is 2. The Labute approximate surface area is 78.2 Å². The molecule has 0 saturated carbocycles. The van der Waals surface area contributed by atoms with Crippen LogP contribution >= 0.6 is 0 Å². The molecule has 0 aliphatic rings. The minimum absolute atomic E-state index is 0.0838. The Bertz CT molecular complexity index is 256. The van der Waals surface area contributed by atoms with Crippen molar-refractivity contribution in [3.63, 3.8) is 0 Å². The minimum Gasteiger partial charge on any atom is -0.396 e. The van der Waals surface area contributed by atoms with Crippen LogP contribution in [-0.4, -0.2) is 16.8 Å². The normalized spacial score (nSPS) is 14.9. The van der Waals surface area contributed by atoms with Gasteiger partial charge in [-0.1, -0.05) is 36.4 Å². The minimum atomic E-state index is -0.663. The van der Waals surface area contributed by atoms with Crippen LogP contribution in [0.25, 0.3) is 0 Å². The van der Waals surface area contributed by atoms with E-state index >= 15 is 0 Å². The lowest BCUT2D eigenvalue weighted by atomic mass is 9.97. The van der Waals surface area contributed by atoms with E-state index in [0.29, 0.717) is 0 Å². The maximum atomic E-state index is 9.75. The Hall–Kier alpha value is -1.12. The highest BCUT2D eigenvalue weighted by Gasteiger charge is 2.16. The third-order valence-corrected chi connectivity index (χ3v) is 2.06. The summed E-state index contributed by atoms with van der Waals surface area (Å²) in [5.41, 5.74) is 0.807. The van der Waals surface area contributed by atoms with E-state index in [1.54, 1.807) is 6.08 Å². The Kier molecular flexibility index (Phi) is 3.68. The van der Waals surface area contributed by atoms with Crippen molar-refractivity contribution < 1.29 is 10.2 Å². The molecule has 1 rings (SSSR count). The van der Waals surface area contributed by atoms with Gasteiger partial charge in [0.05, 0.1) is 12.7 Å². The van der Waals surface area contributed by atoms with Crippen molar-refractivity contribution in [1.29, 1.82) is 0 Å². The van der Waals surface area contributed by atoms with E-state index in [1.807, 2.05) is 30.3 Å². The summed E-state index contributed by atoms with van der Waals surface area (Å²) in [6.07, 6.45) is 0.904. The molecule has 0 saturated heterocycles. The molecule has 0 fully saturated rings. The highest BCUT2D eigenvalue weighted by atomic mass is 16.3. The van der Waals surface area contributed by atoms with Crippen LogP contribution in [0.1, 0.15) is 11.7 Å². The average molecular weight is 178 g/mol. The predicted octanol–water partition coefficient (Wildman–Crippen LogP) is 1.51. The molecule has 0 amide bonds. The lowest BCUT2D eigenvalue weighted by Crippen LogP contribution is -2.13. The molecule has 0 unspecified atom stereocenters. The lowest BCUT2D eigenvalue weighted by Gasteiger charge is -2.17. The Morgan fingerprint density at radius 1 is 1.31 bits per heavy atom. The zero-order chi connectivity index (χ0) is 9.68. The fraction of sp³-hybridized carbons (Fsp3) is 0.273. The van der Waals surface area contributed by atoms with Crippen LogP contribution in [0.3, 0.4) is 0 Å². The van der Waals surface area contributed by atoms with Crippen LogP contribution in [0, 0.1) is 5.92 Å². The SMILES string of the molecule is C=C[C@@H](CO)[C@@H](O)c1ccccc1. The molecule has 2 N–H and O–H groups in total. The third kappa shape index (κ3) is 2.41. The van der Waals surface area contributed by atoms with Crippen molar-refractivity contribution in [3.8, 4) is 0 Å². The van der Waals surface area contributed by atoms with Crippen LogP contribution < -0.4 is 0 Å². The molecule has 2 atom stereocenters. The van der Waals surface area contributed by atoms with E-state index in [1.165, 1.54) is 0 Å². The van der Waals surface area contributed by atoms with Gasteiger partial charge in [-0.3, -0.25) is 0 Å². The summed E-state index contributed by atoms with van der Waals surface area (Å²) in [5, 5.41) is 18.7. The second-order valence-corrected chi connectivity index (χ2v) is 2.94. The first kappa shape index (κ1) is 9.96. The molecular weight excluding hydrogens is 164 g/mol. The van der Waals surface area contributed by atoms with Gasteiger partial charge in [0.1, 0.15) is 0 Å². The maximum Gasteiger partial charge on any atom is 0.0874 e. The largest absolute Gasteiger partial charge is 0.396 e. The van der Waals surface area contributed by atoms with E-state index in [-0.39, 0.29) is 12.5 Å². The summed E-state index contributed by atoms with van der Waals surface area (Å²) < 4.78 is 0. The Morgan fingerprint density at radius 2 is 1.92 bits per heavy atom. The first-order chi connectivity index (χ1) is 6.29. The molecule has 0 heterocycles. The lowest BCUT2D eigenvalue weighted by molar-refractivity contribution is 0.0921. The molecule has 0 aromatic heterocycles. The van der Waals surface area contributed by atoms with Crippen molar-refractivity contribution in [2.45, 2.75) is 6.10 Å². The van der Waals surface area contributed by atoms with Gasteiger partial charge in [0.15, 0.2) is 0 Å². The molecule has 0 radical (unpaired) electrons. The van der Waals surface area contributed by atoms with Gasteiger partial charge in [0, 0.05) is 5.92 Å². The number of hydrogen-bond acceptors (Lipinski definition) is 2. The highest BCUT2D eigenvalue weighted by molar-refractivity contribution is 5.19. The molecule has 2 heteroatoms. The van der Waals surface area contributed by atoms with Gasteiger partial charge in [-0.15, -0.1) is 6.58 Å². The molecule has 0 spiro atoms. The van der Waals surface area contributed by atoms with Crippen molar-refractivity contribution >= 4 is 0 Å². The van der Waals surface area contributed by atoms with Crippen LogP contribution in [0.15, 0.2) is 43.0 Å². The van der Waals surface area contributed by atoms with Gasteiger partial charge in [0.25, 0.3) is 0 Å². The Morgan fingerprint density at radius 3 is 2.38 bits per heavy atom. The highest BCUT2D eigenvalue weighted by Crippen LogP contribution is 2.21. The first-order valence-corrected chi connectivity index (χ1v) is 4.26. The zero-order valence-electron chi connectivity index (χ0n) is 7.43. The molecule has 13 heavy (non-hydrogen) atoms. The van der Waals surface area contributed by atoms with Crippen LogP contribution in [0.4, 0.5) is 0 Å². The van der Waals surface area contributed by atoms with Gasteiger partial charge in [-0.25, -0.2) is 0 Å². The van der Waals surface area contributed by atoms with E-state index in [4.69, 9.17) is 5.11 Å². The second-order valence-electron chi connectivity index (χ2n) is 2.94. The molecule has 1 aromatic carbocycles. The number of rotatable bonds is 4. The number of aliphatic hydroxyl groups excluding tert-OH is 2. The molecular formula is C11H14O2. The van der Waals surface area contributed by atoms with Gasteiger partial charge in [0.2, 0.25) is 0 Å². The van der Waals surface area contributed by atoms with Crippen molar-refractivity contribution in [3.05, 3.63) is 48.6 Å². The molecule has 1 aromatic rings. The summed E-state index contributed by atoms with van der Waals surface area (Å²) in [5.74, 6) is -0.289. The monoisotopic (exact) mass is 178 g/mol.